The van der Waals surface area contributed by atoms with Crippen LogP contribution in [0.25, 0.3) is 0 Å². The van der Waals surface area contributed by atoms with Crippen molar-refractivity contribution in [2.75, 3.05) is 0 Å². The molecule has 0 amide bonds. The summed E-state index contributed by atoms with van der Waals surface area (Å²) in [6.45, 7) is 5.27. The molecule has 18 heavy (non-hydrogen) atoms. The summed E-state index contributed by atoms with van der Waals surface area (Å²) in [7, 11) is 0. The fourth-order valence-electron chi connectivity index (χ4n) is 1.51. The van der Waals surface area contributed by atoms with Crippen molar-refractivity contribution in [3.8, 4) is 24.3 Å². The first-order chi connectivity index (χ1) is 8.47. The molecule has 0 aromatic carbocycles. The molecule has 0 radical (unpaired) electrons. The zero-order valence-corrected chi connectivity index (χ0v) is 10.7. The van der Waals surface area contributed by atoms with Crippen molar-refractivity contribution in [3.63, 3.8) is 0 Å². The third-order valence-corrected chi connectivity index (χ3v) is 2.44. The highest BCUT2D eigenvalue weighted by molar-refractivity contribution is 5.45. The van der Waals surface area contributed by atoms with E-state index in [4.69, 9.17) is 0 Å². The number of nitriles is 4. The van der Waals surface area contributed by atoms with Crippen molar-refractivity contribution < 1.29 is 0 Å². The van der Waals surface area contributed by atoms with Crippen LogP contribution in [-0.4, -0.2) is 0 Å². The Kier molecular flexibility index (Phi) is 5.36. The number of hydrogen-bond acceptors (Lipinski definition) is 4. The van der Waals surface area contributed by atoms with Crippen molar-refractivity contribution in [1.82, 2.24) is 0 Å². The minimum Gasteiger partial charge on any atom is -0.196 e. The maximum Gasteiger partial charge on any atom is 0.197 e. The van der Waals surface area contributed by atoms with Gasteiger partial charge in [-0.15, -0.1) is 0 Å². The highest BCUT2D eigenvalue weighted by Crippen LogP contribution is 2.41. The number of hydrogen-bond donors (Lipinski definition) is 0. The van der Waals surface area contributed by atoms with Crippen molar-refractivity contribution in [2.45, 2.75) is 27.2 Å². The lowest BCUT2D eigenvalue weighted by molar-refractivity contribution is 0.452. The van der Waals surface area contributed by atoms with Gasteiger partial charge in [-0.3, -0.25) is 0 Å². The van der Waals surface area contributed by atoms with E-state index >= 15 is 0 Å². The van der Waals surface area contributed by atoms with Gasteiger partial charge in [0.05, 0.1) is 24.3 Å². The Bertz CT molecular complexity index is 494. The van der Waals surface area contributed by atoms with Crippen LogP contribution in [0.3, 0.4) is 0 Å². The van der Waals surface area contributed by atoms with Gasteiger partial charge in [-0.1, -0.05) is 24.6 Å². The molecule has 0 aliphatic carbocycles. The lowest BCUT2D eigenvalue weighted by Crippen LogP contribution is -2.35. The van der Waals surface area contributed by atoms with Crippen LogP contribution in [0.4, 0.5) is 0 Å². The monoisotopic (exact) mass is 238 g/mol. The zero-order chi connectivity index (χ0) is 14.2. The van der Waals surface area contributed by atoms with Crippen LogP contribution >= 0.6 is 0 Å². The molecule has 0 aromatic heterocycles. The summed E-state index contributed by atoms with van der Waals surface area (Å²) in [5.74, 6) is 0. The van der Waals surface area contributed by atoms with E-state index in [0.717, 1.165) is 0 Å². The van der Waals surface area contributed by atoms with E-state index in [1.54, 1.807) is 19.9 Å². The molecule has 4 heteroatoms. The Labute approximate surface area is 108 Å². The van der Waals surface area contributed by atoms with Crippen molar-refractivity contribution in [1.29, 1.82) is 21.0 Å². The largest absolute Gasteiger partial charge is 0.197 e. The van der Waals surface area contributed by atoms with Crippen molar-refractivity contribution in [3.05, 3.63) is 23.8 Å². The second-order valence-corrected chi connectivity index (χ2v) is 4.10. The molecule has 0 bridgehead atoms. The minimum atomic E-state index is -1.79. The van der Waals surface area contributed by atoms with Crippen LogP contribution < -0.4 is 0 Å². The summed E-state index contributed by atoms with van der Waals surface area (Å²) in [6, 6.07) is 7.25. The molecule has 0 aliphatic heterocycles. The number of allylic oxidation sites excluding steroid dienone is 4. The van der Waals surface area contributed by atoms with Gasteiger partial charge in [-0.25, -0.2) is 0 Å². The van der Waals surface area contributed by atoms with Crippen LogP contribution in [0.1, 0.15) is 27.2 Å². The molecule has 0 spiro atoms. The topological polar surface area (TPSA) is 95.2 Å². The Hall–Kier alpha value is -2.56. The zero-order valence-electron chi connectivity index (χ0n) is 10.7. The van der Waals surface area contributed by atoms with E-state index in [-0.39, 0.29) is 0 Å². The fraction of sp³-hybridized carbons (Fsp3) is 0.429. The van der Waals surface area contributed by atoms with Crippen LogP contribution in [0, 0.1) is 56.2 Å². The lowest BCUT2D eigenvalue weighted by Gasteiger charge is -2.26. The smallest absolute Gasteiger partial charge is 0.196 e. The highest BCUT2D eigenvalue weighted by atomic mass is 14.5. The quantitative estimate of drug-likeness (QED) is 0.703. The molecule has 0 N–H and O–H groups in total. The van der Waals surface area contributed by atoms with Crippen LogP contribution in [-0.2, 0) is 0 Å². The SMILES string of the molecule is CC/C=C/C(C#N)(C#N)C(C#N)(C#N)C=C(C)C. The average Bonchev–Trinajstić information content (AvgIpc) is 2.38. The van der Waals surface area contributed by atoms with Gasteiger partial charge in [0.25, 0.3) is 0 Å². The molecular weight excluding hydrogens is 224 g/mol. The molecule has 0 rings (SSSR count). The number of nitrogens with zero attached hydrogens (tertiary/aromatic N) is 4. The normalized spacial score (nSPS) is 10.8. The Morgan fingerprint density at radius 1 is 0.944 bits per heavy atom. The van der Waals surface area contributed by atoms with Gasteiger partial charge in [-0.2, -0.15) is 21.0 Å². The Balaban J connectivity index is 6.21. The average molecular weight is 238 g/mol. The molecule has 0 heterocycles. The molecule has 4 nitrogen and oxygen atoms in total. The molecule has 0 aliphatic rings. The molecule has 0 saturated carbocycles. The molecule has 0 unspecified atom stereocenters. The Morgan fingerprint density at radius 3 is 1.67 bits per heavy atom. The first-order valence-electron chi connectivity index (χ1n) is 5.46. The predicted molar refractivity (Wildman–Crippen MR) is 66.2 cm³/mol. The molecule has 0 atom stereocenters. The second kappa shape index (κ2) is 6.24. The van der Waals surface area contributed by atoms with Gasteiger partial charge in [0.1, 0.15) is 0 Å². The van der Waals surface area contributed by atoms with Gasteiger partial charge in [0.15, 0.2) is 10.8 Å². The highest BCUT2D eigenvalue weighted by Gasteiger charge is 2.51. The summed E-state index contributed by atoms with van der Waals surface area (Å²) in [5, 5.41) is 37.1. The third kappa shape index (κ3) is 2.57. The summed E-state index contributed by atoms with van der Waals surface area (Å²) in [4.78, 5) is 0. The van der Waals surface area contributed by atoms with Crippen LogP contribution in [0.5, 0.6) is 0 Å². The summed E-state index contributed by atoms with van der Waals surface area (Å²) >= 11 is 0. The maximum absolute atomic E-state index is 9.27. The molecule has 90 valence electrons. The molecular formula is C14H14N4. The van der Waals surface area contributed by atoms with Gasteiger partial charge < -0.3 is 0 Å². The predicted octanol–water partition coefficient (Wildman–Crippen LogP) is 2.99. The minimum absolute atomic E-state index is 0.618. The second-order valence-electron chi connectivity index (χ2n) is 4.10. The maximum atomic E-state index is 9.27. The molecule has 0 fully saturated rings. The van der Waals surface area contributed by atoms with Gasteiger partial charge in [0.2, 0.25) is 0 Å². The van der Waals surface area contributed by atoms with Gasteiger partial charge in [-0.05, 0) is 26.3 Å². The third-order valence-electron chi connectivity index (χ3n) is 2.44. The fourth-order valence-corrected chi connectivity index (χ4v) is 1.51. The lowest BCUT2D eigenvalue weighted by atomic mass is 9.65. The molecule has 0 aromatic rings. The van der Waals surface area contributed by atoms with Crippen LogP contribution in [0.15, 0.2) is 23.8 Å². The van der Waals surface area contributed by atoms with Crippen LogP contribution in [0.2, 0.25) is 0 Å². The number of rotatable bonds is 4. The standard InChI is InChI=1S/C14H14N4/c1-4-5-6-13(8-15,9-16)14(10-17,11-18)7-12(2)3/h5-7H,4H2,1-3H3/b6-5+. The van der Waals surface area contributed by atoms with E-state index in [2.05, 4.69) is 0 Å². The summed E-state index contributed by atoms with van der Waals surface area (Å²) in [6.07, 6.45) is 4.96. The molecule has 0 saturated heterocycles. The van der Waals surface area contributed by atoms with E-state index in [1.807, 2.05) is 31.2 Å². The summed E-state index contributed by atoms with van der Waals surface area (Å²) in [5.41, 5.74) is -2.87. The Morgan fingerprint density at radius 2 is 1.39 bits per heavy atom. The first kappa shape index (κ1) is 15.4. The van der Waals surface area contributed by atoms with Gasteiger partial charge in [0, 0.05) is 0 Å². The first-order valence-corrected chi connectivity index (χ1v) is 5.46. The van der Waals surface area contributed by atoms with E-state index in [9.17, 15) is 21.0 Å². The van der Waals surface area contributed by atoms with Gasteiger partial charge >= 0.3 is 0 Å². The van der Waals surface area contributed by atoms with E-state index in [0.29, 0.717) is 12.0 Å². The van der Waals surface area contributed by atoms with Crippen molar-refractivity contribution in [2.24, 2.45) is 10.8 Å². The van der Waals surface area contributed by atoms with E-state index in [1.165, 1.54) is 12.2 Å². The summed E-state index contributed by atoms with van der Waals surface area (Å²) < 4.78 is 0. The van der Waals surface area contributed by atoms with E-state index < -0.39 is 10.8 Å². The van der Waals surface area contributed by atoms with Crippen molar-refractivity contribution >= 4 is 0 Å².